The summed E-state index contributed by atoms with van der Waals surface area (Å²) in [4.78, 5) is 0. The Morgan fingerprint density at radius 3 is 2.58 bits per heavy atom. The zero-order chi connectivity index (χ0) is 14.0. The van der Waals surface area contributed by atoms with Gasteiger partial charge in [-0.15, -0.1) is 0 Å². The molecule has 3 atom stereocenters. The SMILES string of the molecule is CC(C)CC1(C)CNC(C)C(c2ccc(F)cc2)O1. The van der Waals surface area contributed by atoms with Crippen molar-refractivity contribution in [2.75, 3.05) is 6.54 Å². The first-order valence-electron chi connectivity index (χ1n) is 7.06. The molecule has 0 saturated carbocycles. The molecule has 1 aliphatic heterocycles. The fourth-order valence-corrected chi connectivity index (χ4v) is 2.93. The Bertz CT molecular complexity index is 417. The molecule has 0 aliphatic carbocycles. The molecule has 0 aromatic heterocycles. The molecule has 1 heterocycles. The van der Waals surface area contributed by atoms with E-state index in [9.17, 15) is 4.39 Å². The van der Waals surface area contributed by atoms with E-state index < -0.39 is 0 Å². The average molecular weight is 265 g/mol. The Morgan fingerprint density at radius 1 is 1.37 bits per heavy atom. The molecule has 1 fully saturated rings. The maximum absolute atomic E-state index is 13.0. The average Bonchev–Trinajstić information content (AvgIpc) is 2.33. The van der Waals surface area contributed by atoms with Crippen LogP contribution in [0.5, 0.6) is 0 Å². The molecular weight excluding hydrogens is 241 g/mol. The Balaban J connectivity index is 2.16. The van der Waals surface area contributed by atoms with Crippen LogP contribution in [0.15, 0.2) is 24.3 Å². The number of hydrogen-bond acceptors (Lipinski definition) is 2. The number of halogens is 1. The summed E-state index contributed by atoms with van der Waals surface area (Å²) in [6, 6.07) is 6.88. The first kappa shape index (κ1) is 14.5. The molecule has 2 nitrogen and oxygen atoms in total. The highest BCUT2D eigenvalue weighted by Crippen LogP contribution is 2.34. The van der Waals surface area contributed by atoms with Gasteiger partial charge in [0.25, 0.3) is 0 Å². The topological polar surface area (TPSA) is 21.3 Å². The number of rotatable bonds is 3. The summed E-state index contributed by atoms with van der Waals surface area (Å²) < 4.78 is 19.4. The minimum atomic E-state index is -0.204. The molecule has 0 spiro atoms. The van der Waals surface area contributed by atoms with E-state index in [0.29, 0.717) is 5.92 Å². The van der Waals surface area contributed by atoms with Crippen molar-refractivity contribution in [3.8, 4) is 0 Å². The highest BCUT2D eigenvalue weighted by Gasteiger charge is 2.37. The van der Waals surface area contributed by atoms with E-state index in [1.165, 1.54) is 12.1 Å². The van der Waals surface area contributed by atoms with Crippen molar-refractivity contribution in [2.24, 2.45) is 5.92 Å². The van der Waals surface area contributed by atoms with E-state index in [1.807, 2.05) is 12.1 Å². The second-order valence-electron chi connectivity index (χ2n) is 6.31. The first-order valence-corrected chi connectivity index (χ1v) is 7.06. The van der Waals surface area contributed by atoms with Crippen molar-refractivity contribution in [1.29, 1.82) is 0 Å². The van der Waals surface area contributed by atoms with E-state index >= 15 is 0 Å². The van der Waals surface area contributed by atoms with Crippen molar-refractivity contribution in [3.05, 3.63) is 35.6 Å². The predicted molar refractivity (Wildman–Crippen MR) is 75.6 cm³/mol. The molecule has 0 amide bonds. The largest absolute Gasteiger partial charge is 0.364 e. The van der Waals surface area contributed by atoms with Crippen LogP contribution in [0.1, 0.15) is 45.8 Å². The molecule has 1 aromatic carbocycles. The Morgan fingerprint density at radius 2 is 2.00 bits per heavy atom. The van der Waals surface area contributed by atoms with Crippen LogP contribution in [-0.4, -0.2) is 18.2 Å². The minimum absolute atomic E-state index is 0.0156. The standard InChI is InChI=1S/C16H24FNO/c1-11(2)9-16(4)10-18-12(3)15(19-16)13-5-7-14(17)8-6-13/h5-8,11-12,15,18H,9-10H2,1-4H3. The third-order valence-corrected chi connectivity index (χ3v) is 3.70. The number of nitrogens with one attached hydrogen (secondary N) is 1. The summed E-state index contributed by atoms with van der Waals surface area (Å²) in [7, 11) is 0. The summed E-state index contributed by atoms with van der Waals surface area (Å²) in [6.45, 7) is 9.55. The van der Waals surface area contributed by atoms with Gasteiger partial charge >= 0.3 is 0 Å². The van der Waals surface area contributed by atoms with E-state index in [4.69, 9.17) is 4.74 Å². The van der Waals surface area contributed by atoms with Crippen molar-refractivity contribution < 1.29 is 9.13 Å². The quantitative estimate of drug-likeness (QED) is 0.900. The van der Waals surface area contributed by atoms with Gasteiger partial charge < -0.3 is 10.1 Å². The molecule has 1 N–H and O–H groups in total. The lowest BCUT2D eigenvalue weighted by molar-refractivity contribution is -0.133. The highest BCUT2D eigenvalue weighted by molar-refractivity contribution is 5.21. The molecule has 0 radical (unpaired) electrons. The number of morpholine rings is 1. The van der Waals surface area contributed by atoms with Gasteiger partial charge in [-0.05, 0) is 43.9 Å². The lowest BCUT2D eigenvalue weighted by Crippen LogP contribution is -2.53. The van der Waals surface area contributed by atoms with Gasteiger partial charge in [0, 0.05) is 12.6 Å². The Hall–Kier alpha value is -0.930. The zero-order valence-electron chi connectivity index (χ0n) is 12.2. The number of benzene rings is 1. The van der Waals surface area contributed by atoms with Crippen LogP contribution >= 0.6 is 0 Å². The minimum Gasteiger partial charge on any atom is -0.364 e. The second kappa shape index (κ2) is 5.59. The smallest absolute Gasteiger partial charge is 0.123 e. The van der Waals surface area contributed by atoms with Crippen molar-refractivity contribution in [3.63, 3.8) is 0 Å². The van der Waals surface area contributed by atoms with Crippen LogP contribution in [-0.2, 0) is 4.74 Å². The molecular formula is C16H24FNO. The normalized spacial score (nSPS) is 31.7. The molecule has 3 unspecified atom stereocenters. The van der Waals surface area contributed by atoms with Crippen LogP contribution in [0.4, 0.5) is 4.39 Å². The summed E-state index contributed by atoms with van der Waals surface area (Å²) in [6.07, 6.45) is 1.00. The molecule has 1 saturated heterocycles. The third kappa shape index (κ3) is 3.54. The van der Waals surface area contributed by atoms with Crippen LogP contribution in [0.2, 0.25) is 0 Å². The van der Waals surface area contributed by atoms with Crippen LogP contribution in [0, 0.1) is 11.7 Å². The van der Waals surface area contributed by atoms with Gasteiger partial charge in [-0.1, -0.05) is 26.0 Å². The number of hydrogen-bond donors (Lipinski definition) is 1. The Kier molecular flexibility index (Phi) is 4.26. The van der Waals surface area contributed by atoms with E-state index in [0.717, 1.165) is 18.5 Å². The number of ether oxygens (including phenoxy) is 1. The van der Waals surface area contributed by atoms with Crippen molar-refractivity contribution in [1.82, 2.24) is 5.32 Å². The van der Waals surface area contributed by atoms with Gasteiger partial charge in [-0.3, -0.25) is 0 Å². The van der Waals surface area contributed by atoms with E-state index in [-0.39, 0.29) is 23.6 Å². The fraction of sp³-hybridized carbons (Fsp3) is 0.625. The van der Waals surface area contributed by atoms with Gasteiger partial charge in [-0.2, -0.15) is 0 Å². The molecule has 1 aromatic rings. The predicted octanol–water partition coefficient (Wildman–Crippen LogP) is 3.68. The van der Waals surface area contributed by atoms with E-state index in [2.05, 4.69) is 33.0 Å². The molecule has 1 aliphatic rings. The zero-order valence-corrected chi connectivity index (χ0v) is 12.2. The maximum atomic E-state index is 13.0. The molecule has 106 valence electrons. The fourth-order valence-electron chi connectivity index (χ4n) is 2.93. The van der Waals surface area contributed by atoms with Gasteiger partial charge in [0.15, 0.2) is 0 Å². The molecule has 3 heteroatoms. The second-order valence-corrected chi connectivity index (χ2v) is 6.31. The lowest BCUT2D eigenvalue weighted by atomic mass is 9.90. The molecule has 0 bridgehead atoms. The van der Waals surface area contributed by atoms with Gasteiger partial charge in [-0.25, -0.2) is 4.39 Å². The molecule has 19 heavy (non-hydrogen) atoms. The first-order chi connectivity index (χ1) is 8.89. The summed E-state index contributed by atoms with van der Waals surface area (Å²) >= 11 is 0. The van der Waals surface area contributed by atoms with Gasteiger partial charge in [0.05, 0.1) is 11.7 Å². The summed E-state index contributed by atoms with van der Waals surface area (Å²) in [5.41, 5.74) is 0.885. The monoisotopic (exact) mass is 265 g/mol. The lowest BCUT2D eigenvalue weighted by Gasteiger charge is -2.44. The Labute approximate surface area is 115 Å². The van der Waals surface area contributed by atoms with Gasteiger partial charge in [0.1, 0.15) is 5.82 Å². The maximum Gasteiger partial charge on any atom is 0.123 e. The highest BCUT2D eigenvalue weighted by atomic mass is 19.1. The summed E-state index contributed by atoms with van der Waals surface area (Å²) in [5.74, 6) is 0.388. The van der Waals surface area contributed by atoms with Crippen LogP contribution in [0.3, 0.4) is 0 Å². The van der Waals surface area contributed by atoms with E-state index in [1.54, 1.807) is 0 Å². The molecule has 2 rings (SSSR count). The van der Waals surface area contributed by atoms with Crippen LogP contribution in [0.25, 0.3) is 0 Å². The third-order valence-electron chi connectivity index (χ3n) is 3.70. The van der Waals surface area contributed by atoms with Crippen molar-refractivity contribution >= 4 is 0 Å². The van der Waals surface area contributed by atoms with Gasteiger partial charge in [0.2, 0.25) is 0 Å². The summed E-state index contributed by atoms with van der Waals surface area (Å²) in [5, 5.41) is 3.52. The van der Waals surface area contributed by atoms with Crippen LogP contribution < -0.4 is 5.32 Å². The van der Waals surface area contributed by atoms with Crippen molar-refractivity contribution in [2.45, 2.75) is 51.9 Å².